The van der Waals surface area contributed by atoms with E-state index in [1.54, 1.807) is 4.90 Å². The van der Waals surface area contributed by atoms with Crippen LogP contribution < -0.4 is 10.5 Å². The number of amides is 2. The average Bonchev–Trinajstić information content (AvgIpc) is 3.28. The van der Waals surface area contributed by atoms with E-state index in [9.17, 15) is 22.8 Å². The van der Waals surface area contributed by atoms with Crippen LogP contribution in [0.15, 0.2) is 30.6 Å². The van der Waals surface area contributed by atoms with Crippen LogP contribution >= 0.6 is 0 Å². The first-order chi connectivity index (χ1) is 17.2. The molecule has 1 aliphatic heterocycles. The van der Waals surface area contributed by atoms with E-state index >= 15 is 0 Å². The molecule has 5 rings (SSSR count). The van der Waals surface area contributed by atoms with Gasteiger partial charge in [-0.15, -0.1) is 0 Å². The number of carbonyl (C=O) groups excluding carboxylic acids is 2. The van der Waals surface area contributed by atoms with Crippen LogP contribution in [0.3, 0.4) is 0 Å². The largest absolute Gasteiger partial charge is 0.481 e. The Morgan fingerprint density at radius 3 is 2.69 bits per heavy atom. The summed E-state index contributed by atoms with van der Waals surface area (Å²) in [4.78, 5) is 34.8. The number of likely N-dealkylation sites (tertiary alicyclic amines) is 1. The smallest absolute Gasteiger partial charge is 0.274 e. The summed E-state index contributed by atoms with van der Waals surface area (Å²) in [6, 6.07) is 3.59. The normalized spacial score (nSPS) is 23.1. The maximum Gasteiger partial charge on any atom is 0.274 e. The molecule has 3 aromatic heterocycles. The van der Waals surface area contributed by atoms with Gasteiger partial charge in [0.05, 0.1) is 30.9 Å². The van der Waals surface area contributed by atoms with Gasteiger partial charge in [-0.3, -0.25) is 19.7 Å². The molecule has 1 saturated carbocycles. The number of H-pyrrole nitrogens is 1. The van der Waals surface area contributed by atoms with E-state index in [1.165, 1.54) is 19.2 Å². The zero-order chi connectivity index (χ0) is 25.6. The van der Waals surface area contributed by atoms with E-state index in [0.29, 0.717) is 19.3 Å². The lowest BCUT2D eigenvalue weighted by Gasteiger charge is -2.40. The van der Waals surface area contributed by atoms with Gasteiger partial charge in [0.1, 0.15) is 11.6 Å². The number of hydrogen-bond donors (Lipinski definition) is 2. The van der Waals surface area contributed by atoms with Crippen LogP contribution in [-0.2, 0) is 11.2 Å². The molecule has 0 bridgehead atoms. The Morgan fingerprint density at radius 2 is 1.97 bits per heavy atom. The molecule has 2 fully saturated rings. The highest BCUT2D eigenvalue weighted by atomic mass is 19.1. The molecule has 3 atom stereocenters. The minimum Gasteiger partial charge on any atom is -0.481 e. The SMILES string of the molecule is COc1cc(-c2cc(C(=O)N3CCC(C(N)=O)CC34CC4Cc3ncc(F)cc3F)n[nH]2)c(F)cn1. The molecular formula is C24H23F3N6O3. The molecule has 3 unspecified atom stereocenters. The van der Waals surface area contributed by atoms with Crippen LogP contribution in [0, 0.1) is 29.3 Å². The Balaban J connectivity index is 1.41. The summed E-state index contributed by atoms with van der Waals surface area (Å²) in [7, 11) is 1.40. The zero-order valence-electron chi connectivity index (χ0n) is 19.3. The second-order valence-corrected chi connectivity index (χ2v) is 9.21. The van der Waals surface area contributed by atoms with Gasteiger partial charge in [-0.05, 0) is 37.7 Å². The molecule has 1 spiro atoms. The maximum atomic E-state index is 14.4. The highest BCUT2D eigenvalue weighted by Crippen LogP contribution is 2.57. The number of methoxy groups -OCH3 is 1. The molecule has 0 radical (unpaired) electrons. The topological polar surface area (TPSA) is 127 Å². The number of nitrogens with two attached hydrogens (primary N) is 1. The van der Waals surface area contributed by atoms with E-state index < -0.39 is 40.7 Å². The van der Waals surface area contributed by atoms with Crippen molar-refractivity contribution < 1.29 is 27.5 Å². The number of nitrogens with one attached hydrogen (secondary N) is 1. The minimum atomic E-state index is -0.775. The van der Waals surface area contributed by atoms with Crippen molar-refractivity contribution in [2.24, 2.45) is 17.6 Å². The quantitative estimate of drug-likeness (QED) is 0.536. The molecule has 188 valence electrons. The summed E-state index contributed by atoms with van der Waals surface area (Å²) in [5.41, 5.74) is 5.39. The number of piperidine rings is 1. The van der Waals surface area contributed by atoms with Crippen molar-refractivity contribution in [3.63, 3.8) is 0 Å². The van der Waals surface area contributed by atoms with Crippen LogP contribution in [0.2, 0.25) is 0 Å². The fourth-order valence-electron chi connectivity index (χ4n) is 5.18. The lowest BCUT2D eigenvalue weighted by molar-refractivity contribution is -0.124. The van der Waals surface area contributed by atoms with Gasteiger partial charge in [0, 0.05) is 35.7 Å². The van der Waals surface area contributed by atoms with Gasteiger partial charge in [0.2, 0.25) is 11.8 Å². The number of ether oxygens (including phenoxy) is 1. The van der Waals surface area contributed by atoms with Crippen molar-refractivity contribution in [2.45, 2.75) is 31.2 Å². The summed E-state index contributed by atoms with van der Waals surface area (Å²) in [5, 5.41) is 6.78. The van der Waals surface area contributed by atoms with E-state index in [-0.39, 0.29) is 47.4 Å². The van der Waals surface area contributed by atoms with Crippen LogP contribution in [0.5, 0.6) is 5.88 Å². The Kier molecular flexibility index (Phi) is 5.89. The second kappa shape index (κ2) is 8.92. The third kappa shape index (κ3) is 4.16. The van der Waals surface area contributed by atoms with E-state index in [2.05, 4.69) is 20.2 Å². The van der Waals surface area contributed by atoms with Gasteiger partial charge in [-0.25, -0.2) is 18.2 Å². The number of halogens is 3. The van der Waals surface area contributed by atoms with E-state index in [4.69, 9.17) is 10.5 Å². The van der Waals surface area contributed by atoms with Crippen LogP contribution in [0.25, 0.3) is 11.3 Å². The fraction of sp³-hybridized carbons (Fsp3) is 0.375. The molecule has 4 heterocycles. The molecule has 2 amide bonds. The van der Waals surface area contributed by atoms with Gasteiger partial charge >= 0.3 is 0 Å². The highest BCUT2D eigenvalue weighted by molar-refractivity contribution is 5.94. The predicted octanol–water partition coefficient (Wildman–Crippen LogP) is 2.63. The molecule has 36 heavy (non-hydrogen) atoms. The maximum absolute atomic E-state index is 14.4. The molecule has 3 aromatic rings. The molecule has 12 heteroatoms. The summed E-state index contributed by atoms with van der Waals surface area (Å²) in [5.74, 6) is -3.45. The number of rotatable bonds is 6. The molecule has 3 N–H and O–H groups in total. The number of aromatic nitrogens is 4. The monoisotopic (exact) mass is 500 g/mol. The van der Waals surface area contributed by atoms with Crippen molar-refractivity contribution in [3.05, 3.63) is 59.4 Å². The molecule has 9 nitrogen and oxygen atoms in total. The molecule has 0 aromatic carbocycles. The minimum absolute atomic E-state index is 0.0637. The Bertz CT molecular complexity index is 1350. The third-order valence-corrected chi connectivity index (χ3v) is 7.14. The summed E-state index contributed by atoms with van der Waals surface area (Å²) in [6.45, 7) is 0.252. The number of hydrogen-bond acceptors (Lipinski definition) is 6. The van der Waals surface area contributed by atoms with Gasteiger partial charge < -0.3 is 15.4 Å². The number of pyridine rings is 2. The molecule has 2 aliphatic rings. The Hall–Kier alpha value is -3.96. The van der Waals surface area contributed by atoms with Gasteiger partial charge in [-0.2, -0.15) is 5.10 Å². The second-order valence-electron chi connectivity index (χ2n) is 9.21. The average molecular weight is 500 g/mol. The van der Waals surface area contributed by atoms with Crippen molar-refractivity contribution in [1.29, 1.82) is 0 Å². The van der Waals surface area contributed by atoms with Crippen LogP contribution in [0.1, 0.15) is 35.4 Å². The van der Waals surface area contributed by atoms with Gasteiger partial charge in [-0.1, -0.05) is 0 Å². The van der Waals surface area contributed by atoms with Gasteiger partial charge in [0.15, 0.2) is 11.5 Å². The van der Waals surface area contributed by atoms with Crippen molar-refractivity contribution >= 4 is 11.8 Å². The zero-order valence-corrected chi connectivity index (χ0v) is 19.3. The van der Waals surface area contributed by atoms with Crippen molar-refractivity contribution in [1.82, 2.24) is 25.1 Å². The molecular weight excluding hydrogens is 477 g/mol. The van der Waals surface area contributed by atoms with Crippen molar-refractivity contribution in [3.8, 4) is 17.1 Å². The van der Waals surface area contributed by atoms with Crippen LogP contribution in [0.4, 0.5) is 13.2 Å². The lowest BCUT2D eigenvalue weighted by Crippen LogP contribution is -2.51. The van der Waals surface area contributed by atoms with E-state index in [1.807, 2.05) is 0 Å². The standard InChI is InChI=1S/C24H23F3N6O3/c1-36-21-6-15(17(27)11-30-21)18-7-20(32-31-18)23(35)33-3-2-12(22(28)34)8-24(33)9-13(24)4-19-16(26)5-14(25)10-29-19/h5-7,10-13H,2-4,8-9H2,1H3,(H2,28,34)(H,31,32). The molecule has 1 aliphatic carbocycles. The number of carbonyl (C=O) groups is 2. The lowest BCUT2D eigenvalue weighted by atomic mass is 9.86. The number of aromatic amines is 1. The fourth-order valence-corrected chi connectivity index (χ4v) is 5.18. The first kappa shape index (κ1) is 23.8. The van der Waals surface area contributed by atoms with Crippen LogP contribution in [-0.4, -0.2) is 56.1 Å². The number of primary amides is 1. The van der Waals surface area contributed by atoms with Gasteiger partial charge in [0.25, 0.3) is 5.91 Å². The summed E-state index contributed by atoms with van der Waals surface area (Å²) < 4.78 is 46.9. The first-order valence-electron chi connectivity index (χ1n) is 11.4. The Labute approximate surface area is 203 Å². The van der Waals surface area contributed by atoms with Crippen molar-refractivity contribution in [2.75, 3.05) is 13.7 Å². The Morgan fingerprint density at radius 1 is 1.17 bits per heavy atom. The third-order valence-electron chi connectivity index (χ3n) is 7.14. The predicted molar refractivity (Wildman–Crippen MR) is 120 cm³/mol. The summed E-state index contributed by atoms with van der Waals surface area (Å²) >= 11 is 0. The summed E-state index contributed by atoms with van der Waals surface area (Å²) in [6.07, 6.45) is 3.35. The van der Waals surface area contributed by atoms with E-state index in [0.717, 1.165) is 18.5 Å². The highest BCUT2D eigenvalue weighted by Gasteiger charge is 2.62. The molecule has 1 saturated heterocycles. The first-order valence-corrected chi connectivity index (χ1v) is 11.4. The number of nitrogens with zero attached hydrogens (tertiary/aromatic N) is 4.